The Morgan fingerprint density at radius 1 is 1.57 bits per heavy atom. The van der Waals surface area contributed by atoms with Gasteiger partial charge in [0.1, 0.15) is 5.54 Å². The summed E-state index contributed by atoms with van der Waals surface area (Å²) in [5.41, 5.74) is 4.12. The Kier molecular flexibility index (Phi) is 5.80. The highest BCUT2D eigenvalue weighted by Gasteiger charge is 2.39. The van der Waals surface area contributed by atoms with Crippen molar-refractivity contribution >= 4 is 13.8 Å². The van der Waals surface area contributed by atoms with Gasteiger partial charge < -0.3 is 15.9 Å². The Balaban J connectivity index is 4.32. The second-order valence-corrected chi connectivity index (χ2v) is 3.52. The number of aliphatic hydroxyl groups is 1. The molecule has 2 unspecified atom stereocenters. The molecule has 0 aromatic rings. The van der Waals surface area contributed by atoms with E-state index >= 15 is 0 Å². The Labute approximate surface area is 85.9 Å². The van der Waals surface area contributed by atoms with Gasteiger partial charge in [-0.2, -0.15) is 0 Å². The molecular weight excluding hydrogens is 181 g/mol. The normalized spacial score (nSPS) is 17.4. The smallest absolute Gasteiger partial charge is 0.326 e. The van der Waals surface area contributed by atoms with E-state index in [-0.39, 0.29) is 6.42 Å². The van der Waals surface area contributed by atoms with Crippen molar-refractivity contribution in [2.75, 3.05) is 0 Å². The highest BCUT2D eigenvalue weighted by molar-refractivity contribution is 6.08. The zero-order chi connectivity index (χ0) is 11.2. The second-order valence-electron chi connectivity index (χ2n) is 3.52. The largest absolute Gasteiger partial charge is 0.480 e. The molecule has 80 valence electrons. The van der Waals surface area contributed by atoms with Gasteiger partial charge in [0, 0.05) is 0 Å². The van der Waals surface area contributed by atoms with Crippen molar-refractivity contribution in [1.82, 2.24) is 0 Å². The molecule has 14 heavy (non-hydrogen) atoms. The van der Waals surface area contributed by atoms with Gasteiger partial charge in [0.05, 0.1) is 14.0 Å². The van der Waals surface area contributed by atoms with Crippen molar-refractivity contribution in [3.63, 3.8) is 0 Å². The lowest BCUT2D eigenvalue weighted by molar-refractivity contribution is -0.148. The van der Waals surface area contributed by atoms with Crippen molar-refractivity contribution in [2.24, 2.45) is 5.73 Å². The molecule has 4 nitrogen and oxygen atoms in total. The number of rotatable bonds is 7. The number of carboxylic acid groups (broad SMARTS) is 1. The third-order valence-corrected chi connectivity index (χ3v) is 2.42. The minimum Gasteiger partial charge on any atom is -0.480 e. The fraction of sp³-hybridized carbons (Fsp3) is 0.889. The van der Waals surface area contributed by atoms with Gasteiger partial charge in [-0.25, -0.2) is 0 Å². The van der Waals surface area contributed by atoms with Crippen molar-refractivity contribution in [3.8, 4) is 0 Å². The Bertz CT molecular complexity index is 189. The summed E-state index contributed by atoms with van der Waals surface area (Å²) in [6, 6.07) is 0. The van der Waals surface area contributed by atoms with Crippen LogP contribution in [0.5, 0.6) is 0 Å². The van der Waals surface area contributed by atoms with E-state index in [1.54, 1.807) is 6.92 Å². The van der Waals surface area contributed by atoms with E-state index in [2.05, 4.69) is 0 Å². The number of carbonyl (C=O) groups is 1. The first-order chi connectivity index (χ1) is 6.49. The van der Waals surface area contributed by atoms with Crippen LogP contribution < -0.4 is 5.73 Å². The lowest BCUT2D eigenvalue weighted by Gasteiger charge is -2.29. The molecule has 0 heterocycles. The minimum atomic E-state index is -1.52. The van der Waals surface area contributed by atoms with Crippen LogP contribution in [0.15, 0.2) is 0 Å². The summed E-state index contributed by atoms with van der Waals surface area (Å²) in [6.07, 6.45) is 1.45. The quantitative estimate of drug-likeness (QED) is 0.406. The van der Waals surface area contributed by atoms with Gasteiger partial charge in [-0.15, -0.1) is 0 Å². The summed E-state index contributed by atoms with van der Waals surface area (Å²) in [6.45, 7) is 1.71. The van der Waals surface area contributed by atoms with Gasteiger partial charge in [-0.3, -0.25) is 4.79 Å². The molecule has 0 aliphatic rings. The van der Waals surface area contributed by atoms with Crippen LogP contribution in [0.3, 0.4) is 0 Å². The molecule has 2 radical (unpaired) electrons. The highest BCUT2D eigenvalue weighted by Crippen LogP contribution is 2.19. The number of aliphatic carboxylic acids is 1. The predicted octanol–water partition coefficient (Wildman–Crippen LogP) is 0.296. The Morgan fingerprint density at radius 2 is 2.14 bits per heavy atom. The van der Waals surface area contributed by atoms with E-state index in [0.717, 1.165) is 6.42 Å². The molecule has 0 fully saturated rings. The molecule has 0 aliphatic carbocycles. The molecule has 0 bridgehead atoms. The third-order valence-electron chi connectivity index (χ3n) is 2.42. The molecule has 0 saturated heterocycles. The molecule has 0 aliphatic heterocycles. The van der Waals surface area contributed by atoms with Gasteiger partial charge >= 0.3 is 5.97 Å². The van der Waals surface area contributed by atoms with Gasteiger partial charge in [-0.1, -0.05) is 26.1 Å². The molecule has 4 N–H and O–H groups in total. The van der Waals surface area contributed by atoms with Crippen LogP contribution in [0.1, 0.15) is 32.6 Å². The molecule has 0 rings (SSSR count). The van der Waals surface area contributed by atoms with E-state index in [9.17, 15) is 9.90 Å². The van der Waals surface area contributed by atoms with Crippen molar-refractivity contribution in [2.45, 2.75) is 50.6 Å². The van der Waals surface area contributed by atoms with Gasteiger partial charge in [0.25, 0.3) is 0 Å². The number of hydrogen-bond acceptors (Lipinski definition) is 3. The van der Waals surface area contributed by atoms with E-state index < -0.39 is 17.6 Å². The molecule has 0 amide bonds. The summed E-state index contributed by atoms with van der Waals surface area (Å²) in [5.74, 6) is -1.15. The third kappa shape index (κ3) is 3.31. The van der Waals surface area contributed by atoms with Crippen LogP contribution >= 0.6 is 0 Å². The summed E-state index contributed by atoms with van der Waals surface area (Å²) < 4.78 is 0. The van der Waals surface area contributed by atoms with Crippen molar-refractivity contribution in [3.05, 3.63) is 0 Å². The number of carboxylic acids is 1. The maximum Gasteiger partial charge on any atom is 0.326 e. The van der Waals surface area contributed by atoms with Crippen LogP contribution in [0.4, 0.5) is 0 Å². The Hall–Kier alpha value is -0.545. The first-order valence-corrected chi connectivity index (χ1v) is 4.89. The van der Waals surface area contributed by atoms with Gasteiger partial charge in [-0.05, 0) is 12.8 Å². The summed E-state index contributed by atoms with van der Waals surface area (Å²) >= 11 is 0. The number of aliphatic hydroxyl groups excluding tert-OH is 1. The monoisotopic (exact) mass is 199 g/mol. The average molecular weight is 199 g/mol. The van der Waals surface area contributed by atoms with Crippen LogP contribution in [0, 0.1) is 0 Å². The fourth-order valence-corrected chi connectivity index (χ4v) is 1.34. The summed E-state index contributed by atoms with van der Waals surface area (Å²) in [7, 11) is 5.29. The van der Waals surface area contributed by atoms with Gasteiger partial charge in [0.15, 0.2) is 0 Å². The summed E-state index contributed by atoms with van der Waals surface area (Å²) in [5, 5.41) is 18.4. The molecule has 0 aromatic carbocycles. The van der Waals surface area contributed by atoms with E-state index in [0.29, 0.717) is 19.2 Å². The zero-order valence-electron chi connectivity index (χ0n) is 8.57. The molecule has 0 saturated carbocycles. The van der Waals surface area contributed by atoms with Crippen LogP contribution in [0.25, 0.3) is 0 Å². The van der Waals surface area contributed by atoms with Crippen LogP contribution in [-0.4, -0.2) is 35.7 Å². The maximum absolute atomic E-state index is 10.9. The van der Waals surface area contributed by atoms with Gasteiger partial charge in [0.2, 0.25) is 0 Å². The zero-order valence-corrected chi connectivity index (χ0v) is 8.57. The van der Waals surface area contributed by atoms with E-state index in [1.165, 1.54) is 0 Å². The standard InChI is InChI=1S/C9H18BNO3/c1-2-7(12)9(11,8(13)14)5-3-4-6-10/h7,12H,2-6,11H2,1H3,(H,13,14). The number of nitrogens with two attached hydrogens (primary N) is 1. The molecule has 5 heteroatoms. The SMILES string of the molecule is [B]CCCCC(N)(C(=O)O)C(O)CC. The topological polar surface area (TPSA) is 83.6 Å². The Morgan fingerprint density at radius 3 is 2.50 bits per heavy atom. The molecule has 2 atom stereocenters. The van der Waals surface area contributed by atoms with Crippen molar-refractivity contribution in [1.29, 1.82) is 0 Å². The van der Waals surface area contributed by atoms with Crippen molar-refractivity contribution < 1.29 is 15.0 Å². The molecule has 0 aromatic heterocycles. The number of unbranched alkanes of at least 4 members (excludes halogenated alkanes) is 1. The lowest BCUT2D eigenvalue weighted by Crippen LogP contribution is -2.57. The molecular formula is C9H18BNO3. The van der Waals surface area contributed by atoms with Crippen LogP contribution in [0.2, 0.25) is 6.32 Å². The lowest BCUT2D eigenvalue weighted by atomic mass is 9.85. The van der Waals surface area contributed by atoms with E-state index in [1.807, 2.05) is 0 Å². The molecule has 0 spiro atoms. The second kappa shape index (κ2) is 6.04. The fourth-order valence-electron chi connectivity index (χ4n) is 1.34. The van der Waals surface area contributed by atoms with Crippen LogP contribution in [-0.2, 0) is 4.79 Å². The first kappa shape index (κ1) is 13.5. The minimum absolute atomic E-state index is 0.258. The highest BCUT2D eigenvalue weighted by atomic mass is 16.4. The number of hydrogen-bond donors (Lipinski definition) is 3. The maximum atomic E-state index is 10.9. The first-order valence-electron chi connectivity index (χ1n) is 4.89. The average Bonchev–Trinajstić information content (AvgIpc) is 2.16. The predicted molar refractivity (Wildman–Crippen MR) is 55.3 cm³/mol. The van der Waals surface area contributed by atoms with E-state index in [4.69, 9.17) is 18.7 Å². The summed E-state index contributed by atoms with van der Waals surface area (Å²) in [4.78, 5) is 10.9.